The van der Waals surface area contributed by atoms with E-state index < -0.39 is 0 Å². The van der Waals surface area contributed by atoms with Crippen molar-refractivity contribution in [2.75, 3.05) is 32.8 Å². The zero-order valence-electron chi connectivity index (χ0n) is 14.3. The highest BCUT2D eigenvalue weighted by molar-refractivity contribution is 6.29. The summed E-state index contributed by atoms with van der Waals surface area (Å²) in [5.41, 5.74) is 2.83. The lowest BCUT2D eigenvalue weighted by atomic mass is 10.0. The minimum Gasteiger partial charge on any atom is -0.370 e. The molecule has 2 N–H and O–H groups in total. The highest BCUT2D eigenvalue weighted by Crippen LogP contribution is 2.14. The molecular weight excluding hydrogens is 338 g/mol. The fourth-order valence-corrected chi connectivity index (χ4v) is 3.07. The average Bonchev–Trinajstić information content (AvgIpc) is 2.63. The Morgan fingerprint density at radius 2 is 1.96 bits per heavy atom. The molecule has 3 rings (SSSR count). The molecule has 1 aromatic carbocycles. The molecule has 1 fully saturated rings. The van der Waals surface area contributed by atoms with Gasteiger partial charge in [0.25, 0.3) is 5.91 Å². The zero-order valence-corrected chi connectivity index (χ0v) is 15.1. The summed E-state index contributed by atoms with van der Waals surface area (Å²) < 4.78 is 5.44. The Morgan fingerprint density at radius 3 is 2.60 bits per heavy atom. The molecule has 0 radical (unpaired) electrons. The number of hydrogen-bond donors (Lipinski definition) is 2. The first kappa shape index (κ1) is 17.9. The van der Waals surface area contributed by atoms with E-state index in [1.165, 1.54) is 16.7 Å². The molecule has 0 saturated carbocycles. The van der Waals surface area contributed by atoms with Crippen LogP contribution in [0.4, 0.5) is 0 Å². The second kappa shape index (κ2) is 8.43. The fourth-order valence-electron chi connectivity index (χ4n) is 2.96. The van der Waals surface area contributed by atoms with Crippen LogP contribution in [0.3, 0.4) is 0 Å². The van der Waals surface area contributed by atoms with Crippen molar-refractivity contribution in [3.8, 4) is 0 Å². The number of carbonyl (C=O) groups excluding carboxylic acids is 1. The van der Waals surface area contributed by atoms with E-state index in [4.69, 9.17) is 16.3 Å². The summed E-state index contributed by atoms with van der Waals surface area (Å²) in [6.07, 6.45) is 1.51. The maximum absolute atomic E-state index is 12.6. The second-order valence-corrected chi connectivity index (χ2v) is 6.76. The standard InChI is InChI=1S/C19H22ClN3O2/c1-14-2-4-15(5-3-14)17(13-23-8-10-25-11-9-23)22-19(24)16-6-7-18(20)21-12-16/h2-7,12,17H,8-11,13H2,1H3,(H,22,24)/p+1/t17-/m1/s1. The van der Waals surface area contributed by atoms with Crippen LogP contribution >= 0.6 is 11.6 Å². The van der Waals surface area contributed by atoms with Crippen molar-refractivity contribution >= 4 is 17.5 Å². The van der Waals surface area contributed by atoms with Gasteiger partial charge in [0.2, 0.25) is 0 Å². The van der Waals surface area contributed by atoms with E-state index in [1.54, 1.807) is 12.1 Å². The number of carbonyl (C=O) groups is 1. The van der Waals surface area contributed by atoms with E-state index in [1.807, 2.05) is 0 Å². The highest BCUT2D eigenvalue weighted by atomic mass is 35.5. The number of hydrogen-bond acceptors (Lipinski definition) is 3. The van der Waals surface area contributed by atoms with Crippen LogP contribution in [0.5, 0.6) is 0 Å². The van der Waals surface area contributed by atoms with Gasteiger partial charge in [-0.1, -0.05) is 41.4 Å². The maximum Gasteiger partial charge on any atom is 0.253 e. The van der Waals surface area contributed by atoms with Crippen molar-refractivity contribution in [2.45, 2.75) is 13.0 Å². The molecule has 2 aromatic rings. The minimum atomic E-state index is -0.137. The van der Waals surface area contributed by atoms with Crippen LogP contribution in [0.2, 0.25) is 5.15 Å². The Hall–Kier alpha value is -1.95. The molecule has 132 valence electrons. The van der Waals surface area contributed by atoms with Gasteiger partial charge in [0.1, 0.15) is 30.8 Å². The monoisotopic (exact) mass is 360 g/mol. The summed E-state index contributed by atoms with van der Waals surface area (Å²) in [5, 5.41) is 3.53. The van der Waals surface area contributed by atoms with Gasteiger partial charge in [-0.15, -0.1) is 0 Å². The third kappa shape index (κ3) is 5.01. The third-order valence-electron chi connectivity index (χ3n) is 4.47. The normalized spacial score (nSPS) is 16.4. The Balaban J connectivity index is 1.76. The number of pyridine rings is 1. The molecule has 2 heterocycles. The van der Waals surface area contributed by atoms with Crippen LogP contribution in [-0.2, 0) is 4.74 Å². The first-order chi connectivity index (χ1) is 12.1. The number of morpholine rings is 1. The van der Waals surface area contributed by atoms with E-state index in [9.17, 15) is 4.79 Å². The van der Waals surface area contributed by atoms with Gasteiger partial charge in [-0.05, 0) is 24.6 Å². The number of rotatable bonds is 5. The average molecular weight is 361 g/mol. The summed E-state index contributed by atoms with van der Waals surface area (Å²) in [7, 11) is 0. The van der Waals surface area contributed by atoms with Crippen molar-refractivity contribution in [1.29, 1.82) is 0 Å². The van der Waals surface area contributed by atoms with Gasteiger partial charge < -0.3 is 15.0 Å². The van der Waals surface area contributed by atoms with Crippen molar-refractivity contribution in [3.05, 3.63) is 64.4 Å². The Morgan fingerprint density at radius 1 is 1.24 bits per heavy atom. The molecule has 1 aliphatic rings. The summed E-state index contributed by atoms with van der Waals surface area (Å²) >= 11 is 5.80. The predicted molar refractivity (Wildman–Crippen MR) is 97.0 cm³/mol. The lowest BCUT2D eigenvalue weighted by molar-refractivity contribution is -0.909. The van der Waals surface area contributed by atoms with Gasteiger partial charge in [0.05, 0.1) is 18.8 Å². The highest BCUT2D eigenvalue weighted by Gasteiger charge is 2.23. The van der Waals surface area contributed by atoms with Gasteiger partial charge in [0.15, 0.2) is 0 Å². The minimum absolute atomic E-state index is 0.0584. The molecule has 25 heavy (non-hydrogen) atoms. The molecule has 1 saturated heterocycles. The second-order valence-electron chi connectivity index (χ2n) is 6.37. The lowest BCUT2D eigenvalue weighted by Crippen LogP contribution is -3.14. The van der Waals surface area contributed by atoms with E-state index in [0.29, 0.717) is 10.7 Å². The van der Waals surface area contributed by atoms with E-state index >= 15 is 0 Å². The Bertz CT molecular complexity index is 698. The van der Waals surface area contributed by atoms with E-state index in [0.717, 1.165) is 38.4 Å². The van der Waals surface area contributed by atoms with E-state index in [-0.39, 0.29) is 11.9 Å². The summed E-state index contributed by atoms with van der Waals surface area (Å²) in [6.45, 7) is 6.35. The number of ether oxygens (including phenoxy) is 1. The SMILES string of the molecule is Cc1ccc([C@@H](C[NH+]2CCOCC2)NC(=O)c2ccc(Cl)nc2)cc1. The third-order valence-corrected chi connectivity index (χ3v) is 4.69. The van der Waals surface area contributed by atoms with Gasteiger partial charge in [0, 0.05) is 6.20 Å². The van der Waals surface area contributed by atoms with Crippen molar-refractivity contribution in [3.63, 3.8) is 0 Å². The van der Waals surface area contributed by atoms with Crippen LogP contribution in [0.1, 0.15) is 27.5 Å². The number of nitrogens with zero attached hydrogens (tertiary/aromatic N) is 1. The molecule has 6 heteroatoms. The number of nitrogens with one attached hydrogen (secondary N) is 2. The summed E-state index contributed by atoms with van der Waals surface area (Å²) in [6, 6.07) is 11.6. The Kier molecular flexibility index (Phi) is 6.02. The fraction of sp³-hybridized carbons (Fsp3) is 0.368. The van der Waals surface area contributed by atoms with Crippen LogP contribution in [0.25, 0.3) is 0 Å². The van der Waals surface area contributed by atoms with Gasteiger partial charge in [-0.2, -0.15) is 0 Å². The number of amides is 1. The number of aromatic nitrogens is 1. The van der Waals surface area contributed by atoms with Gasteiger partial charge >= 0.3 is 0 Å². The first-order valence-corrected chi connectivity index (χ1v) is 8.90. The molecule has 0 aliphatic carbocycles. The van der Waals surface area contributed by atoms with E-state index in [2.05, 4.69) is 41.5 Å². The van der Waals surface area contributed by atoms with Crippen LogP contribution < -0.4 is 10.2 Å². The summed E-state index contributed by atoms with van der Waals surface area (Å²) in [4.78, 5) is 18.0. The quantitative estimate of drug-likeness (QED) is 0.793. The molecule has 0 spiro atoms. The molecule has 5 nitrogen and oxygen atoms in total. The van der Waals surface area contributed by atoms with Crippen LogP contribution in [0.15, 0.2) is 42.6 Å². The van der Waals surface area contributed by atoms with Crippen molar-refractivity contribution in [1.82, 2.24) is 10.3 Å². The largest absolute Gasteiger partial charge is 0.370 e. The van der Waals surface area contributed by atoms with Crippen molar-refractivity contribution < 1.29 is 14.4 Å². The number of benzene rings is 1. The molecular formula is C19H23ClN3O2+. The smallest absolute Gasteiger partial charge is 0.253 e. The molecule has 0 bridgehead atoms. The summed E-state index contributed by atoms with van der Waals surface area (Å²) in [5.74, 6) is -0.137. The number of halogens is 1. The molecule has 1 atom stereocenters. The van der Waals surface area contributed by atoms with Crippen molar-refractivity contribution in [2.24, 2.45) is 0 Å². The number of aryl methyl sites for hydroxylation is 1. The molecule has 1 amide bonds. The van der Waals surface area contributed by atoms with Crippen LogP contribution in [-0.4, -0.2) is 43.7 Å². The number of quaternary nitrogens is 1. The van der Waals surface area contributed by atoms with Crippen LogP contribution in [0, 0.1) is 6.92 Å². The molecule has 0 unspecified atom stereocenters. The first-order valence-electron chi connectivity index (χ1n) is 8.52. The Labute approximate surface area is 153 Å². The predicted octanol–water partition coefficient (Wildman–Crippen LogP) is 1.43. The maximum atomic E-state index is 12.6. The van der Waals surface area contributed by atoms with Gasteiger partial charge in [-0.25, -0.2) is 4.98 Å². The zero-order chi connectivity index (χ0) is 17.6. The topological polar surface area (TPSA) is 55.7 Å². The molecule has 1 aromatic heterocycles. The van der Waals surface area contributed by atoms with Gasteiger partial charge in [-0.3, -0.25) is 4.79 Å². The molecule has 1 aliphatic heterocycles. The lowest BCUT2D eigenvalue weighted by Gasteiger charge is -2.28.